The van der Waals surface area contributed by atoms with Gasteiger partial charge >= 0.3 is 12.1 Å². The third kappa shape index (κ3) is 4.67. The molecule has 0 spiro atoms. The summed E-state index contributed by atoms with van der Waals surface area (Å²) in [7, 11) is 0. The van der Waals surface area contributed by atoms with Gasteiger partial charge in [-0.15, -0.1) is 0 Å². The highest BCUT2D eigenvalue weighted by Gasteiger charge is 2.33. The van der Waals surface area contributed by atoms with Gasteiger partial charge < -0.3 is 15.2 Å². The fourth-order valence-electron chi connectivity index (χ4n) is 3.49. The third-order valence-electron chi connectivity index (χ3n) is 4.63. The van der Waals surface area contributed by atoms with Gasteiger partial charge in [0, 0.05) is 6.04 Å². The van der Waals surface area contributed by atoms with E-state index in [1.54, 1.807) is 20.8 Å². The Morgan fingerprint density at radius 2 is 1.78 bits per heavy atom. The molecule has 3 rings (SSSR count). The number of nitrogens with one attached hydrogen (secondary N) is 1. The number of alkyl carbamates (subject to hydrolysis) is 1. The van der Waals surface area contributed by atoms with Crippen LogP contribution in [0.5, 0.6) is 0 Å². The van der Waals surface area contributed by atoms with Crippen LogP contribution in [0, 0.1) is 0 Å². The summed E-state index contributed by atoms with van der Waals surface area (Å²) in [4.78, 5) is 24.0. The van der Waals surface area contributed by atoms with Crippen molar-refractivity contribution in [3.05, 3.63) is 59.7 Å². The van der Waals surface area contributed by atoms with Crippen molar-refractivity contribution >= 4 is 12.1 Å². The van der Waals surface area contributed by atoms with Crippen LogP contribution in [0.1, 0.15) is 44.2 Å². The number of carbonyl (C=O) groups excluding carboxylic acids is 1. The van der Waals surface area contributed by atoms with Gasteiger partial charge in [0.1, 0.15) is 5.60 Å². The van der Waals surface area contributed by atoms with Crippen LogP contribution in [-0.2, 0) is 16.0 Å². The van der Waals surface area contributed by atoms with Crippen molar-refractivity contribution < 1.29 is 19.4 Å². The molecule has 2 aromatic carbocycles. The monoisotopic (exact) mass is 367 g/mol. The molecule has 0 saturated heterocycles. The van der Waals surface area contributed by atoms with Crippen LogP contribution >= 0.6 is 0 Å². The molecule has 0 saturated carbocycles. The summed E-state index contributed by atoms with van der Waals surface area (Å²) >= 11 is 0. The molecule has 0 aliphatic heterocycles. The Balaban J connectivity index is 1.84. The lowest BCUT2D eigenvalue weighted by atomic mass is 9.79. The second-order valence-electron chi connectivity index (χ2n) is 7.95. The number of carboxylic acid groups (broad SMARTS) is 1. The van der Waals surface area contributed by atoms with Gasteiger partial charge in [-0.25, -0.2) is 4.79 Å². The Morgan fingerprint density at radius 1 is 1.07 bits per heavy atom. The molecule has 0 aromatic heterocycles. The molecule has 0 fully saturated rings. The SMILES string of the molecule is CC(C)(C)OC(=O)N[C@H]1Cc2ccc(-c3ccccc3)cc2[C@H](C(=O)O)C1. The zero-order valence-corrected chi connectivity index (χ0v) is 15.9. The number of carbonyl (C=O) groups is 2. The van der Waals surface area contributed by atoms with E-state index in [0.29, 0.717) is 12.8 Å². The van der Waals surface area contributed by atoms with E-state index >= 15 is 0 Å². The number of hydrogen-bond acceptors (Lipinski definition) is 3. The second-order valence-corrected chi connectivity index (χ2v) is 7.95. The van der Waals surface area contributed by atoms with Crippen molar-refractivity contribution in [1.82, 2.24) is 5.32 Å². The van der Waals surface area contributed by atoms with Gasteiger partial charge in [0.05, 0.1) is 5.92 Å². The number of fused-ring (bicyclic) bond motifs is 1. The average molecular weight is 367 g/mol. The van der Waals surface area contributed by atoms with Crippen molar-refractivity contribution in [1.29, 1.82) is 0 Å². The highest BCUT2D eigenvalue weighted by molar-refractivity contribution is 5.79. The van der Waals surface area contributed by atoms with E-state index < -0.39 is 23.6 Å². The summed E-state index contributed by atoms with van der Waals surface area (Å²) in [6, 6.07) is 15.6. The van der Waals surface area contributed by atoms with Gasteiger partial charge in [0.2, 0.25) is 0 Å². The lowest BCUT2D eigenvalue weighted by Crippen LogP contribution is -2.43. The Kier molecular flexibility index (Phi) is 5.22. The molecule has 5 heteroatoms. The van der Waals surface area contributed by atoms with E-state index in [-0.39, 0.29) is 6.04 Å². The predicted octanol–water partition coefficient (Wildman–Crippen LogP) is 4.36. The van der Waals surface area contributed by atoms with Crippen LogP contribution in [0.2, 0.25) is 0 Å². The van der Waals surface area contributed by atoms with Crippen LogP contribution < -0.4 is 5.32 Å². The Bertz CT molecular complexity index is 839. The van der Waals surface area contributed by atoms with Gasteiger partial charge in [-0.05, 0) is 55.9 Å². The minimum Gasteiger partial charge on any atom is -0.481 e. The zero-order chi connectivity index (χ0) is 19.6. The largest absolute Gasteiger partial charge is 0.481 e. The molecule has 2 aromatic rings. The van der Waals surface area contributed by atoms with Crippen LogP contribution in [0.4, 0.5) is 4.79 Å². The van der Waals surface area contributed by atoms with Crippen molar-refractivity contribution in [2.75, 3.05) is 0 Å². The maximum Gasteiger partial charge on any atom is 0.407 e. The molecular weight excluding hydrogens is 342 g/mol. The number of aliphatic carboxylic acids is 1. The van der Waals surface area contributed by atoms with Crippen molar-refractivity contribution in [3.8, 4) is 11.1 Å². The second kappa shape index (κ2) is 7.43. The molecule has 2 atom stereocenters. The summed E-state index contributed by atoms with van der Waals surface area (Å²) in [6.07, 6.45) is 0.425. The van der Waals surface area contributed by atoms with Gasteiger partial charge in [-0.2, -0.15) is 0 Å². The average Bonchev–Trinajstić information content (AvgIpc) is 2.59. The topological polar surface area (TPSA) is 75.6 Å². The first-order chi connectivity index (χ1) is 12.7. The first-order valence-corrected chi connectivity index (χ1v) is 9.13. The quantitative estimate of drug-likeness (QED) is 0.845. The number of rotatable bonds is 3. The molecule has 1 aliphatic rings. The van der Waals surface area contributed by atoms with E-state index in [4.69, 9.17) is 4.74 Å². The lowest BCUT2D eigenvalue weighted by Gasteiger charge is -2.31. The number of hydrogen-bond donors (Lipinski definition) is 2. The van der Waals surface area contributed by atoms with Gasteiger partial charge in [0.25, 0.3) is 0 Å². The molecule has 1 aliphatic carbocycles. The molecule has 1 amide bonds. The van der Waals surface area contributed by atoms with Gasteiger partial charge in [-0.1, -0.05) is 48.5 Å². The number of benzene rings is 2. The highest BCUT2D eigenvalue weighted by Crippen LogP contribution is 2.35. The molecule has 2 N–H and O–H groups in total. The van der Waals surface area contributed by atoms with E-state index in [1.807, 2.05) is 48.5 Å². The zero-order valence-electron chi connectivity index (χ0n) is 15.9. The smallest absolute Gasteiger partial charge is 0.407 e. The highest BCUT2D eigenvalue weighted by atomic mass is 16.6. The van der Waals surface area contributed by atoms with Crippen molar-refractivity contribution in [3.63, 3.8) is 0 Å². The summed E-state index contributed by atoms with van der Waals surface area (Å²) in [5.74, 6) is -1.53. The van der Waals surface area contributed by atoms with Crippen LogP contribution in [0.25, 0.3) is 11.1 Å². The predicted molar refractivity (Wildman–Crippen MR) is 104 cm³/mol. The van der Waals surface area contributed by atoms with Crippen LogP contribution in [-0.4, -0.2) is 28.8 Å². The first kappa shape index (κ1) is 19.0. The molecular formula is C22H25NO4. The summed E-state index contributed by atoms with van der Waals surface area (Å²) in [6.45, 7) is 5.40. The van der Waals surface area contributed by atoms with E-state index in [2.05, 4.69) is 5.32 Å². The fraction of sp³-hybridized carbons (Fsp3) is 0.364. The Labute approximate surface area is 159 Å². The summed E-state index contributed by atoms with van der Waals surface area (Å²) < 4.78 is 5.30. The van der Waals surface area contributed by atoms with Gasteiger partial charge in [0.15, 0.2) is 0 Å². The maximum absolute atomic E-state index is 12.1. The van der Waals surface area contributed by atoms with E-state index in [0.717, 1.165) is 22.3 Å². The Hall–Kier alpha value is -2.82. The van der Waals surface area contributed by atoms with E-state index in [1.165, 1.54) is 0 Å². The molecule has 5 nitrogen and oxygen atoms in total. The molecule has 0 heterocycles. The maximum atomic E-state index is 12.1. The van der Waals surface area contributed by atoms with Crippen molar-refractivity contribution in [2.24, 2.45) is 0 Å². The minimum absolute atomic E-state index is 0.268. The first-order valence-electron chi connectivity index (χ1n) is 9.13. The summed E-state index contributed by atoms with van der Waals surface area (Å²) in [5.41, 5.74) is 3.24. The van der Waals surface area contributed by atoms with E-state index in [9.17, 15) is 14.7 Å². The number of ether oxygens (including phenoxy) is 1. The number of carboxylic acids is 1. The molecule has 0 bridgehead atoms. The van der Waals surface area contributed by atoms with Crippen LogP contribution in [0.3, 0.4) is 0 Å². The molecule has 27 heavy (non-hydrogen) atoms. The Morgan fingerprint density at radius 3 is 2.41 bits per heavy atom. The molecule has 0 radical (unpaired) electrons. The minimum atomic E-state index is -0.878. The normalized spacial score (nSPS) is 19.1. The molecule has 0 unspecified atom stereocenters. The number of amides is 1. The standard InChI is InChI=1S/C22H25NO4/c1-22(2,3)27-21(26)23-17-11-16-10-9-15(14-7-5-4-6-8-14)12-18(16)19(13-17)20(24)25/h4-10,12,17,19H,11,13H2,1-3H3,(H,23,26)(H,24,25)/t17-,19+/m0/s1. The molecule has 142 valence electrons. The fourth-order valence-corrected chi connectivity index (χ4v) is 3.49. The van der Waals surface area contributed by atoms with Gasteiger partial charge in [-0.3, -0.25) is 4.79 Å². The summed E-state index contributed by atoms with van der Waals surface area (Å²) in [5, 5.41) is 12.6. The third-order valence-corrected chi connectivity index (χ3v) is 4.63. The van der Waals surface area contributed by atoms with Crippen molar-refractivity contribution in [2.45, 2.75) is 51.2 Å². The van der Waals surface area contributed by atoms with Crippen LogP contribution in [0.15, 0.2) is 48.5 Å². The lowest BCUT2D eigenvalue weighted by molar-refractivity contribution is -0.139.